The van der Waals surface area contributed by atoms with Crippen LogP contribution in [0.25, 0.3) is 0 Å². The van der Waals surface area contributed by atoms with E-state index < -0.39 is 129 Å². The van der Waals surface area contributed by atoms with Gasteiger partial charge >= 0.3 is 0 Å². The number of fused-ring (bicyclic) bond motifs is 5. The van der Waals surface area contributed by atoms with Gasteiger partial charge in [0.1, 0.15) is 54.9 Å². The quantitative estimate of drug-likeness (QED) is 0.127. The lowest BCUT2D eigenvalue weighted by atomic mass is 9.47. The minimum absolute atomic E-state index is 0.0176. The van der Waals surface area contributed by atoms with Crippen LogP contribution in [-0.4, -0.2) is 191 Å². The molecule has 0 spiro atoms. The molecule has 27 atom stereocenters. The molecule has 7 fully saturated rings. The molecule has 8 N–H and O–H groups in total. The number of hydrogen-bond donors (Lipinski definition) is 8. The molecule has 4 heterocycles. The zero-order valence-corrected chi connectivity index (χ0v) is 39.2. The number of rotatable bonds is 12. The van der Waals surface area contributed by atoms with Crippen molar-refractivity contribution in [3.63, 3.8) is 0 Å². The number of ether oxygens (including phenoxy) is 10. The van der Waals surface area contributed by atoms with Gasteiger partial charge in [-0.1, -0.05) is 25.5 Å². The zero-order chi connectivity index (χ0) is 46.9. The van der Waals surface area contributed by atoms with Crippen molar-refractivity contribution in [2.24, 2.45) is 34.5 Å². The molecule has 18 nitrogen and oxygen atoms in total. The maximum absolute atomic E-state index is 12.0. The Morgan fingerprint density at radius 1 is 0.677 bits per heavy atom. The summed E-state index contributed by atoms with van der Waals surface area (Å²) in [5.41, 5.74) is 1.14. The van der Waals surface area contributed by atoms with Crippen molar-refractivity contribution in [2.45, 2.75) is 228 Å². The van der Waals surface area contributed by atoms with E-state index in [9.17, 15) is 40.9 Å². The van der Waals surface area contributed by atoms with E-state index in [4.69, 9.17) is 47.4 Å². The summed E-state index contributed by atoms with van der Waals surface area (Å²) in [6.45, 7) is 11.3. The second kappa shape index (κ2) is 20.0. The number of methoxy groups -OCH3 is 2. The first-order chi connectivity index (χ1) is 30.8. The lowest BCUT2D eigenvalue weighted by Gasteiger charge is -2.58. The smallest absolute Gasteiger partial charge is 0.187 e. The molecule has 8 aliphatic rings. The highest BCUT2D eigenvalue weighted by atomic mass is 16.8. The lowest BCUT2D eigenvalue weighted by Crippen LogP contribution is -2.64. The first-order valence-electron chi connectivity index (χ1n) is 24.2. The van der Waals surface area contributed by atoms with Crippen molar-refractivity contribution in [3.05, 3.63) is 11.6 Å². The Morgan fingerprint density at radius 2 is 1.38 bits per heavy atom. The fourth-order valence-electron chi connectivity index (χ4n) is 13.8. The molecule has 8 rings (SSSR count). The maximum atomic E-state index is 12.0. The Kier molecular flexibility index (Phi) is 15.5. The van der Waals surface area contributed by atoms with Crippen LogP contribution in [0.3, 0.4) is 0 Å². The van der Waals surface area contributed by atoms with Crippen LogP contribution in [0.1, 0.15) is 99.3 Å². The van der Waals surface area contributed by atoms with Gasteiger partial charge in [0.2, 0.25) is 0 Å². The monoisotopic (exact) mass is 931 g/mol. The van der Waals surface area contributed by atoms with E-state index in [2.05, 4.69) is 19.9 Å². The third kappa shape index (κ3) is 9.40. The second-order valence-corrected chi connectivity index (χ2v) is 21.1. The van der Waals surface area contributed by atoms with Gasteiger partial charge in [-0.15, -0.1) is 0 Å². The molecule has 0 amide bonds. The van der Waals surface area contributed by atoms with E-state index in [0.717, 1.165) is 38.5 Å². The van der Waals surface area contributed by atoms with Crippen LogP contribution in [0.5, 0.6) is 0 Å². The molecule has 3 saturated carbocycles. The summed E-state index contributed by atoms with van der Waals surface area (Å²) in [5.74, 6) is 0.766. The van der Waals surface area contributed by atoms with Crippen molar-refractivity contribution in [1.29, 1.82) is 0 Å². The molecule has 0 aromatic heterocycles. The average molecular weight is 931 g/mol. The summed E-state index contributed by atoms with van der Waals surface area (Å²) >= 11 is 0. The largest absolute Gasteiger partial charge is 0.394 e. The van der Waals surface area contributed by atoms with E-state index in [-0.39, 0.29) is 35.2 Å². The van der Waals surface area contributed by atoms with Crippen LogP contribution in [-0.2, 0) is 47.4 Å². The van der Waals surface area contributed by atoms with E-state index in [0.29, 0.717) is 24.7 Å². The highest BCUT2D eigenvalue weighted by molar-refractivity contribution is 5.26. The van der Waals surface area contributed by atoms with E-state index >= 15 is 0 Å². The van der Waals surface area contributed by atoms with Gasteiger partial charge in [-0.05, 0) is 101 Å². The maximum Gasteiger partial charge on any atom is 0.187 e. The highest BCUT2D eigenvalue weighted by Gasteiger charge is 2.63. The molecule has 0 aromatic rings. The Bertz CT molecular complexity index is 1610. The van der Waals surface area contributed by atoms with E-state index in [1.165, 1.54) is 12.7 Å². The van der Waals surface area contributed by atoms with E-state index in [1.54, 1.807) is 21.0 Å². The molecule has 18 heteroatoms. The molecule has 65 heavy (non-hydrogen) atoms. The second-order valence-electron chi connectivity index (χ2n) is 21.1. The predicted molar refractivity (Wildman–Crippen MR) is 227 cm³/mol. The minimum Gasteiger partial charge on any atom is -0.394 e. The summed E-state index contributed by atoms with van der Waals surface area (Å²) in [6, 6.07) is 0. The van der Waals surface area contributed by atoms with Gasteiger partial charge in [0.15, 0.2) is 25.2 Å². The number of aliphatic hydroxyl groups is 8. The van der Waals surface area contributed by atoms with Crippen LogP contribution in [0, 0.1) is 34.5 Å². The van der Waals surface area contributed by atoms with Gasteiger partial charge in [0, 0.05) is 33.0 Å². The molecule has 0 radical (unpaired) electrons. The molecule has 0 bridgehead atoms. The zero-order valence-electron chi connectivity index (χ0n) is 39.2. The molecule has 0 aromatic carbocycles. The minimum atomic E-state index is -1.69. The van der Waals surface area contributed by atoms with Gasteiger partial charge in [-0.2, -0.15) is 0 Å². The van der Waals surface area contributed by atoms with Gasteiger partial charge in [-0.25, -0.2) is 0 Å². The standard InChI is InChI=1S/C47H78O18/c1-20(60-45-43(42(57-8)37(52)22(3)61-45)65-44-40(55)39(54)38(53)32(19-48)63-44)35-29(49)16-28-26-10-9-24-15-25(11-13-46(24,5)27(26)12-14-47(28,35)6)62-33-17-30(50)41(23(4)59-33)64-34-18-31(56-7)36(51)21(2)58-34/h9,20-23,25-45,48-55H,10-19H2,1-8H3. The first-order valence-corrected chi connectivity index (χ1v) is 24.2. The fraction of sp³-hybridized carbons (Fsp3) is 0.957. The van der Waals surface area contributed by atoms with Crippen LogP contribution in [0.4, 0.5) is 0 Å². The number of hydrogen-bond acceptors (Lipinski definition) is 18. The summed E-state index contributed by atoms with van der Waals surface area (Å²) in [6.07, 6.45) is -9.76. The van der Waals surface area contributed by atoms with E-state index in [1.807, 2.05) is 13.8 Å². The summed E-state index contributed by atoms with van der Waals surface area (Å²) in [4.78, 5) is 0. The number of aliphatic hydroxyl groups excluding tert-OH is 8. The van der Waals surface area contributed by atoms with Crippen molar-refractivity contribution in [3.8, 4) is 0 Å². The topological polar surface area (TPSA) is 254 Å². The fourth-order valence-corrected chi connectivity index (χ4v) is 13.8. The van der Waals surface area contributed by atoms with Crippen molar-refractivity contribution in [2.75, 3.05) is 20.8 Å². The molecular weight excluding hydrogens is 852 g/mol. The normalized spacial score (nSPS) is 54.2. The lowest BCUT2D eigenvalue weighted by molar-refractivity contribution is -0.372. The number of allylic oxidation sites excluding steroid dienone is 1. The predicted octanol–water partition coefficient (Wildman–Crippen LogP) is 1.02. The molecule has 374 valence electrons. The third-order valence-corrected chi connectivity index (χ3v) is 17.4. The Morgan fingerprint density at radius 3 is 2.08 bits per heavy atom. The molecule has 27 unspecified atom stereocenters. The van der Waals surface area contributed by atoms with Crippen molar-refractivity contribution >= 4 is 0 Å². The highest BCUT2D eigenvalue weighted by Crippen LogP contribution is 2.67. The van der Waals surface area contributed by atoms with Crippen molar-refractivity contribution in [1.82, 2.24) is 0 Å². The molecule has 4 aliphatic heterocycles. The Hall–Kier alpha value is -0.980. The average Bonchev–Trinajstić information content (AvgIpc) is 3.55. The molecular formula is C47H78O18. The van der Waals surface area contributed by atoms with Crippen molar-refractivity contribution < 1.29 is 88.2 Å². The van der Waals surface area contributed by atoms with Gasteiger partial charge in [0.25, 0.3) is 0 Å². The van der Waals surface area contributed by atoms with Crippen LogP contribution < -0.4 is 0 Å². The first kappa shape index (κ1) is 50.4. The van der Waals surface area contributed by atoms with Gasteiger partial charge in [0.05, 0.1) is 55.4 Å². The van der Waals surface area contributed by atoms with Crippen LogP contribution in [0.2, 0.25) is 0 Å². The molecule has 4 saturated heterocycles. The summed E-state index contributed by atoms with van der Waals surface area (Å²) in [7, 11) is 2.96. The summed E-state index contributed by atoms with van der Waals surface area (Å²) in [5, 5.41) is 86.1. The third-order valence-electron chi connectivity index (χ3n) is 17.4. The van der Waals surface area contributed by atoms with Gasteiger partial charge in [-0.3, -0.25) is 0 Å². The Balaban J connectivity index is 0.900. The van der Waals surface area contributed by atoms with Gasteiger partial charge < -0.3 is 88.2 Å². The Labute approximate surface area is 382 Å². The SMILES string of the molecule is COC1CC(OC2C(O)CC(OC3CCC4(C)C(=CCC5C4CCC4(C)C5CC(O)C4C(C)OC4OC(C)C(O)C(OC)C4OC4OC(CO)C(O)C(O)C4O)C3)OC2C)OC(C)C1O. The van der Waals surface area contributed by atoms with Crippen LogP contribution in [0.15, 0.2) is 11.6 Å². The van der Waals surface area contributed by atoms with Crippen LogP contribution >= 0.6 is 0 Å². The summed E-state index contributed by atoms with van der Waals surface area (Å²) < 4.78 is 60.9. The molecule has 4 aliphatic carbocycles.